The number of aromatic nitrogens is 10. The number of carbonyl (C=O) groups is 4. The first-order chi connectivity index (χ1) is 68.4. The summed E-state index contributed by atoms with van der Waals surface area (Å²) >= 11 is 0. The molecule has 4 radical (unpaired) electrons. The molecular formula is C122H94Ir4N10O8-4. The fourth-order valence-electron chi connectivity index (χ4n) is 15.6. The summed E-state index contributed by atoms with van der Waals surface area (Å²) in [5.41, 5.74) is 19.2. The molecule has 0 saturated carbocycles. The molecule has 10 heterocycles. The van der Waals surface area contributed by atoms with E-state index in [0.717, 1.165) is 169 Å². The summed E-state index contributed by atoms with van der Waals surface area (Å²) in [6.45, 7) is 7.81. The number of allylic oxidation sites excluding steroid dienone is 4. The third-order valence-electron chi connectivity index (χ3n) is 22.2. The molecule has 0 aliphatic heterocycles. The molecule has 0 aliphatic carbocycles. The minimum absolute atomic E-state index is 0. The first-order valence-corrected chi connectivity index (χ1v) is 45.3. The molecule has 0 bridgehead atoms. The van der Waals surface area contributed by atoms with Gasteiger partial charge in [0, 0.05) is 170 Å². The first kappa shape index (κ1) is 109. The second kappa shape index (κ2) is 54.3. The van der Waals surface area contributed by atoms with Crippen molar-refractivity contribution in [3.8, 4) is 90.1 Å². The van der Waals surface area contributed by atoms with Gasteiger partial charge in [0.05, 0.1) is 22.6 Å². The Morgan fingerprint density at radius 1 is 0.271 bits per heavy atom. The third kappa shape index (κ3) is 29.2. The van der Waals surface area contributed by atoms with Gasteiger partial charge in [-0.3, -0.25) is 34.5 Å². The Kier molecular flexibility index (Phi) is 40.9. The predicted molar refractivity (Wildman–Crippen MR) is 562 cm³/mol. The number of pyridine rings is 10. The number of para-hydroxylation sites is 2. The van der Waals surface area contributed by atoms with Crippen LogP contribution < -0.4 is 0 Å². The van der Waals surface area contributed by atoms with E-state index in [1.807, 2.05) is 219 Å². The maximum absolute atomic E-state index is 10.6. The summed E-state index contributed by atoms with van der Waals surface area (Å²) in [6, 6.07) is 133. The molecule has 0 saturated heterocycles. The van der Waals surface area contributed by atoms with Crippen LogP contribution in [0.4, 0.5) is 0 Å². The Balaban J connectivity index is 0.000000163. The summed E-state index contributed by atoms with van der Waals surface area (Å²) < 4.78 is 0. The van der Waals surface area contributed by atoms with Crippen LogP contribution in [0.15, 0.2) is 431 Å². The van der Waals surface area contributed by atoms with Gasteiger partial charge in [0.1, 0.15) is 11.4 Å². The summed E-state index contributed by atoms with van der Waals surface area (Å²) in [5, 5.41) is 50.0. The molecule has 12 aromatic carbocycles. The number of unbranched alkanes of at least 4 members (excludes halogenated alkanes) is 1. The Morgan fingerprint density at radius 2 is 0.562 bits per heavy atom. The van der Waals surface area contributed by atoms with Crippen molar-refractivity contribution in [3.63, 3.8) is 0 Å². The van der Waals surface area contributed by atoms with Crippen molar-refractivity contribution in [1.82, 2.24) is 49.8 Å². The largest absolute Gasteiger partial charge is 0.512 e. The van der Waals surface area contributed by atoms with Gasteiger partial charge in [-0.1, -0.05) is 242 Å². The van der Waals surface area contributed by atoms with Crippen LogP contribution in [0.1, 0.15) is 74.0 Å². The molecule has 22 rings (SSSR count). The van der Waals surface area contributed by atoms with Crippen LogP contribution in [0, 0.1) is 24.3 Å². The molecule has 18 nitrogen and oxygen atoms in total. The zero-order chi connectivity index (χ0) is 97.5. The molecule has 144 heavy (non-hydrogen) atoms. The number of hydrogen-bond donors (Lipinski definition) is 4. The van der Waals surface area contributed by atoms with E-state index >= 15 is 0 Å². The predicted octanol–water partition coefficient (Wildman–Crippen LogP) is 28.6. The van der Waals surface area contributed by atoms with Gasteiger partial charge in [-0.15, -0.1) is 119 Å². The van der Waals surface area contributed by atoms with Gasteiger partial charge in [0.2, 0.25) is 0 Å². The topological polar surface area (TPSA) is 278 Å². The zero-order valence-electron chi connectivity index (χ0n) is 78.7. The van der Waals surface area contributed by atoms with Gasteiger partial charge in [0.25, 0.3) is 0 Å². The molecule has 0 aliphatic rings. The van der Waals surface area contributed by atoms with Crippen molar-refractivity contribution in [2.75, 3.05) is 0 Å². The molecule has 0 atom stereocenters. The first-order valence-electron chi connectivity index (χ1n) is 45.3. The van der Waals surface area contributed by atoms with Crippen molar-refractivity contribution >= 4 is 110 Å². The summed E-state index contributed by atoms with van der Waals surface area (Å²) in [6.07, 6.45) is 19.6. The number of rotatable bonds is 15. The van der Waals surface area contributed by atoms with Crippen LogP contribution in [0.25, 0.3) is 176 Å². The fourth-order valence-corrected chi connectivity index (χ4v) is 15.6. The Morgan fingerprint density at radius 3 is 0.868 bits per heavy atom. The minimum Gasteiger partial charge on any atom is -0.512 e. The summed E-state index contributed by atoms with van der Waals surface area (Å²) in [4.78, 5) is 85.1. The van der Waals surface area contributed by atoms with Crippen molar-refractivity contribution in [1.29, 1.82) is 0 Å². The maximum atomic E-state index is 10.6. The molecule has 720 valence electrons. The Bertz CT molecular complexity index is 7260. The van der Waals surface area contributed by atoms with Crippen LogP contribution in [-0.4, -0.2) is 93.8 Å². The maximum Gasteiger partial charge on any atom is 0.354 e. The molecule has 0 amide bonds. The van der Waals surface area contributed by atoms with Crippen molar-refractivity contribution in [2.24, 2.45) is 0 Å². The molecule has 10 aromatic heterocycles. The number of aromatic carboxylic acids is 2. The van der Waals surface area contributed by atoms with Crippen LogP contribution >= 0.6 is 0 Å². The fraction of sp³-hybridized carbons (Fsp3) is 0.0656. The van der Waals surface area contributed by atoms with E-state index in [2.05, 4.69) is 223 Å². The minimum atomic E-state index is -0.990. The standard InChI is InChI=1S/4C24H15N2.C10H13NO2.C6H5NO2.2C5H8O2.4Ir/c3*1-3-7-21-17(5-1)13-15-25-23(21)19-9-11-20(12-10-19)24-22-8-4-2-6-18(22)14-16-26-24;1-3-7-21-17(5-1)13-15-23(25-21)19-9-11-20(12-10-19)24-16-14-18-6-2-4-8-22(18)26-24;1-2-3-4-8-5-6-11-9(7-8)10(12)13;8-6(9)5-3-1-2-4-7-5;2*1-4(6)3-5(2)7;;;;/h4*1-11,13-16H;5-7H,2-4H2,1H3,(H,12,13);1-4H,(H,8,9);2*3,6H,1-2H3;;;;/q4*-1;;;;;;;;. The van der Waals surface area contributed by atoms with E-state index in [4.69, 9.17) is 30.4 Å². The van der Waals surface area contributed by atoms with Crippen LogP contribution in [0.5, 0.6) is 0 Å². The zero-order valence-corrected chi connectivity index (χ0v) is 88.3. The number of fused-ring (bicyclic) bond motifs is 8. The molecule has 22 aromatic rings. The Hall–Kier alpha value is -15.8. The smallest absolute Gasteiger partial charge is 0.354 e. The number of aliphatic hydroxyl groups excluding tert-OH is 2. The van der Waals surface area contributed by atoms with Gasteiger partial charge in [-0.05, 0) is 218 Å². The molecule has 0 unspecified atom stereocenters. The van der Waals surface area contributed by atoms with Crippen LogP contribution in [-0.2, 0) is 96.4 Å². The number of carboxylic acid groups (broad SMARTS) is 2. The average Bonchev–Trinajstić information content (AvgIpc) is 0.789. The molecule has 0 spiro atoms. The number of aryl methyl sites for hydroxylation is 1. The van der Waals surface area contributed by atoms with Gasteiger partial charge < -0.3 is 35.4 Å². The second-order valence-electron chi connectivity index (χ2n) is 32.3. The average molecular weight is 2600 g/mol. The monoisotopic (exact) mass is 2600 g/mol. The quantitative estimate of drug-likeness (QED) is 0.0422. The van der Waals surface area contributed by atoms with E-state index in [9.17, 15) is 19.2 Å². The number of carboxylic acids is 2. The van der Waals surface area contributed by atoms with Crippen LogP contribution in [0.2, 0.25) is 0 Å². The van der Waals surface area contributed by atoms with E-state index in [-0.39, 0.29) is 115 Å². The van der Waals surface area contributed by atoms with Gasteiger partial charge in [0.15, 0.2) is 11.6 Å². The second-order valence-corrected chi connectivity index (χ2v) is 32.3. The van der Waals surface area contributed by atoms with E-state index in [1.165, 1.54) is 84.4 Å². The molecular weight excluding hydrogens is 2500 g/mol. The number of ketones is 2. The van der Waals surface area contributed by atoms with Gasteiger partial charge in [-0.25, -0.2) is 19.6 Å². The van der Waals surface area contributed by atoms with Gasteiger partial charge >= 0.3 is 11.9 Å². The third-order valence-corrected chi connectivity index (χ3v) is 22.2. The molecule has 4 N–H and O–H groups in total. The van der Waals surface area contributed by atoms with E-state index < -0.39 is 11.9 Å². The van der Waals surface area contributed by atoms with Crippen LogP contribution in [0.3, 0.4) is 0 Å². The number of hydrogen-bond acceptors (Lipinski definition) is 16. The normalized spacial score (nSPS) is 10.6. The number of carbonyl (C=O) groups excluding carboxylic acids is 2. The number of benzene rings is 12. The summed E-state index contributed by atoms with van der Waals surface area (Å²) in [7, 11) is 0. The Labute approximate surface area is 888 Å². The van der Waals surface area contributed by atoms with Crippen molar-refractivity contribution in [2.45, 2.75) is 53.9 Å². The van der Waals surface area contributed by atoms with E-state index in [0.29, 0.717) is 0 Å². The summed E-state index contributed by atoms with van der Waals surface area (Å²) in [5.74, 6) is -2.08. The van der Waals surface area contributed by atoms with Crippen molar-refractivity contribution < 1.29 is 120 Å². The van der Waals surface area contributed by atoms with E-state index in [1.54, 1.807) is 24.4 Å². The van der Waals surface area contributed by atoms with Gasteiger partial charge in [-0.2, -0.15) is 0 Å². The molecule has 22 heteroatoms. The number of nitrogens with zero attached hydrogens (tertiary/aromatic N) is 10. The number of aliphatic hydroxyl groups is 2. The SMILES string of the molecule is CC(=O)C=C(C)O.CC(=O)C=C(C)O.CCCCc1ccnc(C(=O)O)c1.O=C(O)c1ccccn1.[Ir].[Ir].[Ir].[Ir].[c-]1cc(-c2ccc3ccccc3n2)ccc1-c1ccc2ccccc2n1.[c-]1cc(-c2nccc3ccccc23)ccc1-c1nccc2ccccc12.[c-]1cc(-c2nccc3ccccc23)ccc1-c1nccc2ccccc12.[c-]1cc(-c2nccc3ccccc23)ccc1-c1nccc2ccccc12. The van der Waals surface area contributed by atoms with Crippen molar-refractivity contribution in [3.05, 3.63) is 472 Å². The molecule has 0 fully saturated rings.